The summed E-state index contributed by atoms with van der Waals surface area (Å²) in [7, 11) is 1.88. The molecule has 1 fully saturated rings. The second kappa shape index (κ2) is 8.26. The van der Waals surface area contributed by atoms with E-state index in [1.807, 2.05) is 30.2 Å². The van der Waals surface area contributed by atoms with Crippen molar-refractivity contribution in [2.45, 2.75) is 25.5 Å². The molecular weight excluding hydrogens is 415 g/mol. The molecule has 1 saturated heterocycles. The van der Waals surface area contributed by atoms with Crippen molar-refractivity contribution in [3.63, 3.8) is 0 Å². The van der Waals surface area contributed by atoms with Gasteiger partial charge in [0.1, 0.15) is 12.4 Å². The Kier molecular flexibility index (Phi) is 5.72. The highest BCUT2D eigenvalue weighted by atomic mass is 35.5. The van der Waals surface area contributed by atoms with Gasteiger partial charge in [-0.05, 0) is 48.3 Å². The van der Waals surface area contributed by atoms with E-state index in [1.54, 1.807) is 6.07 Å². The first-order valence-corrected chi connectivity index (χ1v) is 10.3. The fourth-order valence-electron chi connectivity index (χ4n) is 3.84. The summed E-state index contributed by atoms with van der Waals surface area (Å²) in [6, 6.07) is 5.36. The van der Waals surface area contributed by atoms with E-state index >= 15 is 0 Å². The molecular formula is C20H22Cl2N4O3. The van der Waals surface area contributed by atoms with E-state index in [-0.39, 0.29) is 24.2 Å². The molecule has 154 valence electrons. The Labute approximate surface area is 178 Å². The smallest absolute Gasteiger partial charge is 0.328 e. The summed E-state index contributed by atoms with van der Waals surface area (Å²) in [6.45, 7) is 1.71. The van der Waals surface area contributed by atoms with Gasteiger partial charge in [-0.15, -0.1) is 0 Å². The average molecular weight is 437 g/mol. The minimum absolute atomic E-state index is 0.0477. The summed E-state index contributed by atoms with van der Waals surface area (Å²) in [5, 5.41) is 3.96. The quantitative estimate of drug-likeness (QED) is 0.754. The number of likely N-dealkylation sites (N-methyl/N-ethyl adjacent to an activating group) is 1. The molecule has 1 aromatic carbocycles. The predicted octanol–water partition coefficient (Wildman–Crippen LogP) is 2.77. The zero-order valence-corrected chi connectivity index (χ0v) is 17.5. The largest absolute Gasteiger partial charge is 0.376 e. The molecule has 2 aliphatic rings. The minimum atomic E-state index is -0.323. The first-order chi connectivity index (χ1) is 13.9. The summed E-state index contributed by atoms with van der Waals surface area (Å²) in [5.41, 5.74) is 2.20. The van der Waals surface area contributed by atoms with Gasteiger partial charge in [-0.25, -0.2) is 4.79 Å². The number of anilines is 1. The van der Waals surface area contributed by atoms with Crippen LogP contribution in [0.1, 0.15) is 24.1 Å². The molecule has 0 bridgehead atoms. The molecule has 2 N–H and O–H groups in total. The number of carbonyl (C=O) groups is 1. The molecule has 2 aromatic rings. The number of aromatic nitrogens is 2. The summed E-state index contributed by atoms with van der Waals surface area (Å²) in [6.07, 6.45) is 3.93. The van der Waals surface area contributed by atoms with Crippen LogP contribution < -0.4 is 15.9 Å². The van der Waals surface area contributed by atoms with Gasteiger partial charge in [0.25, 0.3) is 0 Å². The Morgan fingerprint density at radius 2 is 2.07 bits per heavy atom. The van der Waals surface area contributed by atoms with Gasteiger partial charge in [-0.3, -0.25) is 9.36 Å². The number of rotatable bonds is 5. The SMILES string of the molecule is CN1CC(c2cc(Cl)cc(Cl)c2)=Cc2[nH]c(=O)n(CC(=O)NC[C@H]3CCCO3)c21. The lowest BCUT2D eigenvalue weighted by Gasteiger charge is -2.27. The highest BCUT2D eigenvalue weighted by molar-refractivity contribution is 6.35. The maximum atomic E-state index is 12.5. The zero-order valence-electron chi connectivity index (χ0n) is 16.0. The van der Waals surface area contributed by atoms with Crippen LogP contribution >= 0.6 is 23.2 Å². The second-order valence-electron chi connectivity index (χ2n) is 7.38. The van der Waals surface area contributed by atoms with E-state index in [0.29, 0.717) is 34.6 Å². The minimum Gasteiger partial charge on any atom is -0.376 e. The number of H-pyrrole nitrogens is 1. The Morgan fingerprint density at radius 3 is 2.76 bits per heavy atom. The molecule has 0 saturated carbocycles. The van der Waals surface area contributed by atoms with E-state index in [4.69, 9.17) is 27.9 Å². The number of halogens is 2. The number of amides is 1. The molecule has 2 aliphatic heterocycles. The van der Waals surface area contributed by atoms with Crippen molar-refractivity contribution >= 4 is 46.6 Å². The lowest BCUT2D eigenvalue weighted by atomic mass is 10.0. The van der Waals surface area contributed by atoms with Crippen molar-refractivity contribution in [3.8, 4) is 0 Å². The zero-order chi connectivity index (χ0) is 20.5. The van der Waals surface area contributed by atoms with Crippen molar-refractivity contribution in [1.82, 2.24) is 14.9 Å². The molecule has 3 heterocycles. The number of nitrogens with one attached hydrogen (secondary N) is 2. The van der Waals surface area contributed by atoms with Gasteiger partial charge in [-0.2, -0.15) is 0 Å². The molecule has 9 heteroatoms. The van der Waals surface area contributed by atoms with Crippen molar-refractivity contribution in [1.29, 1.82) is 0 Å². The van der Waals surface area contributed by atoms with Crippen molar-refractivity contribution < 1.29 is 9.53 Å². The molecule has 1 atom stereocenters. The third-order valence-electron chi connectivity index (χ3n) is 5.16. The van der Waals surface area contributed by atoms with Crippen LogP contribution in [0.5, 0.6) is 0 Å². The standard InChI is InChI=1S/C20H22Cl2N4O3/c1-25-10-13(12-5-14(21)8-15(22)6-12)7-17-19(25)26(20(28)24-17)11-18(27)23-9-16-3-2-4-29-16/h5-8,16H,2-4,9-11H2,1H3,(H,23,27)(H,24,28)/t16-/m1/s1. The highest BCUT2D eigenvalue weighted by Crippen LogP contribution is 2.32. The number of ether oxygens (including phenoxy) is 1. The van der Waals surface area contributed by atoms with E-state index in [2.05, 4.69) is 10.3 Å². The Morgan fingerprint density at radius 1 is 1.31 bits per heavy atom. The molecule has 1 amide bonds. The summed E-state index contributed by atoms with van der Waals surface area (Å²) in [4.78, 5) is 29.7. The number of imidazole rings is 1. The molecule has 0 unspecified atom stereocenters. The van der Waals surface area contributed by atoms with E-state index in [0.717, 1.165) is 30.6 Å². The van der Waals surface area contributed by atoms with E-state index in [9.17, 15) is 9.59 Å². The monoisotopic (exact) mass is 436 g/mol. The Hall–Kier alpha value is -2.22. The topological polar surface area (TPSA) is 79.4 Å². The van der Waals surface area contributed by atoms with Crippen LogP contribution in [0.3, 0.4) is 0 Å². The number of carbonyl (C=O) groups excluding carboxylic acids is 1. The van der Waals surface area contributed by atoms with Crippen LogP contribution in [-0.4, -0.2) is 48.3 Å². The molecule has 4 rings (SSSR count). The number of benzene rings is 1. The normalized spacial score (nSPS) is 18.5. The average Bonchev–Trinajstić information content (AvgIpc) is 3.27. The predicted molar refractivity (Wildman–Crippen MR) is 115 cm³/mol. The van der Waals surface area contributed by atoms with Crippen LogP contribution in [0, 0.1) is 0 Å². The number of aromatic amines is 1. The highest BCUT2D eigenvalue weighted by Gasteiger charge is 2.24. The van der Waals surface area contributed by atoms with Gasteiger partial charge < -0.3 is 19.9 Å². The third kappa shape index (κ3) is 4.37. The summed E-state index contributed by atoms with van der Waals surface area (Å²) >= 11 is 12.3. The van der Waals surface area contributed by atoms with E-state index < -0.39 is 0 Å². The maximum absolute atomic E-state index is 12.5. The van der Waals surface area contributed by atoms with Crippen LogP contribution in [0.2, 0.25) is 10.0 Å². The fraction of sp³-hybridized carbons (Fsp3) is 0.400. The second-order valence-corrected chi connectivity index (χ2v) is 8.25. The Balaban J connectivity index is 1.55. The van der Waals surface area contributed by atoms with Gasteiger partial charge in [0.15, 0.2) is 0 Å². The van der Waals surface area contributed by atoms with Gasteiger partial charge in [0, 0.05) is 36.8 Å². The molecule has 0 radical (unpaired) electrons. The number of hydrogen-bond acceptors (Lipinski definition) is 4. The van der Waals surface area contributed by atoms with Crippen LogP contribution in [0.15, 0.2) is 23.0 Å². The first-order valence-electron chi connectivity index (χ1n) is 9.50. The first kappa shape index (κ1) is 20.1. The maximum Gasteiger partial charge on any atom is 0.328 e. The van der Waals surface area contributed by atoms with Gasteiger partial charge in [0.2, 0.25) is 5.91 Å². The van der Waals surface area contributed by atoms with Gasteiger partial charge >= 0.3 is 5.69 Å². The summed E-state index contributed by atoms with van der Waals surface area (Å²) in [5.74, 6) is 0.466. The van der Waals surface area contributed by atoms with Crippen LogP contribution in [0.4, 0.5) is 5.82 Å². The van der Waals surface area contributed by atoms with Crippen LogP contribution in [-0.2, 0) is 16.1 Å². The number of fused-ring (bicyclic) bond motifs is 1. The fourth-order valence-corrected chi connectivity index (χ4v) is 4.36. The van der Waals surface area contributed by atoms with Gasteiger partial charge in [0.05, 0.1) is 11.8 Å². The molecule has 0 aliphatic carbocycles. The number of nitrogens with zero attached hydrogens (tertiary/aromatic N) is 2. The summed E-state index contributed by atoms with van der Waals surface area (Å²) < 4.78 is 6.97. The Bertz CT molecular complexity index is 1000. The van der Waals surface area contributed by atoms with Crippen molar-refractivity contribution in [3.05, 3.63) is 50.0 Å². The third-order valence-corrected chi connectivity index (χ3v) is 5.59. The molecule has 1 aromatic heterocycles. The van der Waals surface area contributed by atoms with Crippen molar-refractivity contribution in [2.75, 3.05) is 31.6 Å². The lowest BCUT2D eigenvalue weighted by molar-refractivity contribution is -0.122. The lowest BCUT2D eigenvalue weighted by Crippen LogP contribution is -2.37. The number of hydrogen-bond donors (Lipinski definition) is 2. The molecule has 29 heavy (non-hydrogen) atoms. The van der Waals surface area contributed by atoms with Crippen molar-refractivity contribution in [2.24, 2.45) is 0 Å². The van der Waals surface area contributed by atoms with E-state index in [1.165, 1.54) is 4.57 Å². The molecule has 7 nitrogen and oxygen atoms in total. The van der Waals surface area contributed by atoms with Gasteiger partial charge in [-0.1, -0.05) is 23.2 Å². The molecule has 0 spiro atoms. The van der Waals surface area contributed by atoms with Crippen LogP contribution in [0.25, 0.3) is 11.6 Å².